The van der Waals surface area contributed by atoms with E-state index in [9.17, 15) is 14.4 Å². The highest BCUT2D eigenvalue weighted by molar-refractivity contribution is 5.97. The molecule has 0 saturated carbocycles. The molecule has 166 valence electrons. The summed E-state index contributed by atoms with van der Waals surface area (Å²) in [6, 6.07) is 11.2. The van der Waals surface area contributed by atoms with Crippen molar-refractivity contribution in [1.29, 1.82) is 0 Å². The van der Waals surface area contributed by atoms with Crippen molar-refractivity contribution in [1.82, 2.24) is 9.97 Å². The molecule has 1 N–H and O–H groups in total. The van der Waals surface area contributed by atoms with Crippen LogP contribution in [0.5, 0.6) is 0 Å². The number of hydrogen-bond donors (Lipinski definition) is 1. The van der Waals surface area contributed by atoms with E-state index in [4.69, 9.17) is 9.47 Å². The Morgan fingerprint density at radius 3 is 2.16 bits per heavy atom. The molecule has 0 aliphatic rings. The second-order valence-electron chi connectivity index (χ2n) is 7.29. The zero-order valence-corrected chi connectivity index (χ0v) is 18.3. The minimum atomic E-state index is -0.632. The van der Waals surface area contributed by atoms with Crippen molar-refractivity contribution >= 4 is 34.6 Å². The van der Waals surface area contributed by atoms with Gasteiger partial charge < -0.3 is 14.8 Å². The largest absolute Gasteiger partial charge is 0.462 e. The van der Waals surface area contributed by atoms with Crippen LogP contribution in [0.15, 0.2) is 42.5 Å². The van der Waals surface area contributed by atoms with Crippen molar-refractivity contribution in [2.45, 2.75) is 33.6 Å². The Balaban J connectivity index is 1.53. The number of fused-ring (bicyclic) bond motifs is 1. The average Bonchev–Trinajstić information content (AvgIpc) is 2.78. The standard InChI is InChI=1S/C24H25N3O5/c1-4-5-12-31-23(29)17-6-9-19(10-7-17)27-22(28)14-32-24(30)18-8-11-20-21(13-18)26-16(3)15(2)25-20/h6-11,13H,4-5,12,14H2,1-3H3,(H,27,28). The predicted molar refractivity (Wildman–Crippen MR) is 120 cm³/mol. The van der Waals surface area contributed by atoms with Gasteiger partial charge in [-0.1, -0.05) is 13.3 Å². The second kappa shape index (κ2) is 10.5. The molecule has 0 atom stereocenters. The summed E-state index contributed by atoms with van der Waals surface area (Å²) in [4.78, 5) is 45.2. The Labute approximate surface area is 186 Å². The molecule has 1 heterocycles. The maximum Gasteiger partial charge on any atom is 0.338 e. The van der Waals surface area contributed by atoms with Crippen molar-refractivity contribution in [3.8, 4) is 0 Å². The number of nitrogens with one attached hydrogen (secondary N) is 1. The van der Waals surface area contributed by atoms with Crippen LogP contribution in [0.1, 0.15) is 51.9 Å². The third-order valence-corrected chi connectivity index (χ3v) is 4.78. The summed E-state index contributed by atoms with van der Waals surface area (Å²) in [5, 5.41) is 2.62. The highest BCUT2D eigenvalue weighted by Gasteiger charge is 2.13. The molecule has 0 bridgehead atoms. The lowest BCUT2D eigenvalue weighted by Crippen LogP contribution is -2.21. The van der Waals surface area contributed by atoms with Crippen LogP contribution >= 0.6 is 0 Å². The van der Waals surface area contributed by atoms with Gasteiger partial charge in [0.15, 0.2) is 6.61 Å². The number of carbonyl (C=O) groups is 3. The van der Waals surface area contributed by atoms with E-state index < -0.39 is 24.5 Å². The van der Waals surface area contributed by atoms with Crippen LogP contribution in [0.3, 0.4) is 0 Å². The smallest absolute Gasteiger partial charge is 0.338 e. The fraction of sp³-hybridized carbons (Fsp3) is 0.292. The first-order chi connectivity index (χ1) is 15.4. The Kier molecular flexibility index (Phi) is 7.49. The topological polar surface area (TPSA) is 107 Å². The molecule has 0 fully saturated rings. The van der Waals surface area contributed by atoms with Gasteiger partial charge in [0.1, 0.15) is 0 Å². The van der Waals surface area contributed by atoms with Crippen LogP contribution in [0, 0.1) is 13.8 Å². The molecular formula is C24H25N3O5. The summed E-state index contributed by atoms with van der Waals surface area (Å²) in [6.07, 6.45) is 1.75. The average molecular weight is 435 g/mol. The number of unbranched alkanes of at least 4 members (excludes halogenated alkanes) is 1. The maximum atomic E-state index is 12.3. The third-order valence-electron chi connectivity index (χ3n) is 4.78. The van der Waals surface area contributed by atoms with E-state index >= 15 is 0 Å². The molecule has 1 amide bonds. The van der Waals surface area contributed by atoms with Gasteiger partial charge in [-0.3, -0.25) is 4.79 Å². The Morgan fingerprint density at radius 1 is 0.844 bits per heavy atom. The number of carbonyl (C=O) groups excluding carboxylic acids is 3. The number of nitrogens with zero attached hydrogens (tertiary/aromatic N) is 2. The summed E-state index contributed by atoms with van der Waals surface area (Å²) in [5.41, 5.74) is 4.03. The maximum absolute atomic E-state index is 12.3. The number of aromatic nitrogens is 2. The first kappa shape index (κ1) is 22.9. The molecule has 8 heteroatoms. The first-order valence-corrected chi connectivity index (χ1v) is 10.4. The zero-order valence-electron chi connectivity index (χ0n) is 18.3. The molecular weight excluding hydrogens is 410 g/mol. The second-order valence-corrected chi connectivity index (χ2v) is 7.29. The summed E-state index contributed by atoms with van der Waals surface area (Å²) < 4.78 is 10.3. The number of anilines is 1. The number of hydrogen-bond acceptors (Lipinski definition) is 7. The van der Waals surface area contributed by atoms with Gasteiger partial charge in [-0.15, -0.1) is 0 Å². The number of ether oxygens (including phenoxy) is 2. The molecule has 2 aromatic carbocycles. The van der Waals surface area contributed by atoms with Crippen LogP contribution in [0.25, 0.3) is 11.0 Å². The normalized spacial score (nSPS) is 10.6. The van der Waals surface area contributed by atoms with Gasteiger partial charge in [0.05, 0.1) is 40.2 Å². The Bertz CT molecular complexity index is 1140. The highest BCUT2D eigenvalue weighted by Crippen LogP contribution is 2.15. The molecule has 32 heavy (non-hydrogen) atoms. The first-order valence-electron chi connectivity index (χ1n) is 10.4. The van der Waals surface area contributed by atoms with Gasteiger partial charge in [-0.2, -0.15) is 0 Å². The summed E-state index contributed by atoms with van der Waals surface area (Å²) in [6.45, 7) is 5.66. The van der Waals surface area contributed by atoms with Crippen molar-refractivity contribution < 1.29 is 23.9 Å². The van der Waals surface area contributed by atoms with E-state index in [-0.39, 0.29) is 5.56 Å². The number of aryl methyl sites for hydroxylation is 2. The highest BCUT2D eigenvalue weighted by atomic mass is 16.5. The molecule has 8 nitrogen and oxygen atoms in total. The monoisotopic (exact) mass is 435 g/mol. The van der Waals surface area contributed by atoms with Gasteiger partial charge in [0.2, 0.25) is 0 Å². The number of rotatable bonds is 8. The summed E-state index contributed by atoms with van der Waals surface area (Å²) in [7, 11) is 0. The predicted octanol–water partition coefficient (Wildman–Crippen LogP) is 4.00. The van der Waals surface area contributed by atoms with Crippen LogP contribution < -0.4 is 5.32 Å². The number of benzene rings is 2. The van der Waals surface area contributed by atoms with E-state index in [1.54, 1.807) is 42.5 Å². The van der Waals surface area contributed by atoms with Crippen molar-refractivity contribution in [3.05, 3.63) is 65.0 Å². The minimum absolute atomic E-state index is 0.286. The van der Waals surface area contributed by atoms with Gasteiger partial charge >= 0.3 is 11.9 Å². The van der Waals surface area contributed by atoms with Gasteiger partial charge in [-0.05, 0) is 62.7 Å². The molecule has 0 unspecified atom stereocenters. The molecule has 1 aromatic heterocycles. The molecule has 3 rings (SSSR count). The SMILES string of the molecule is CCCCOC(=O)c1ccc(NC(=O)COC(=O)c2ccc3nc(C)c(C)nc3c2)cc1. The zero-order chi connectivity index (χ0) is 23.1. The molecule has 0 spiro atoms. The van der Waals surface area contributed by atoms with Gasteiger partial charge in [0.25, 0.3) is 5.91 Å². The molecule has 0 saturated heterocycles. The van der Waals surface area contributed by atoms with E-state index in [0.717, 1.165) is 24.2 Å². The van der Waals surface area contributed by atoms with Gasteiger partial charge in [-0.25, -0.2) is 19.6 Å². The van der Waals surface area contributed by atoms with Crippen molar-refractivity contribution in [2.24, 2.45) is 0 Å². The Morgan fingerprint density at radius 2 is 1.47 bits per heavy atom. The van der Waals surface area contributed by atoms with Crippen LogP contribution in [0.2, 0.25) is 0 Å². The van der Waals surface area contributed by atoms with Crippen LogP contribution in [0.4, 0.5) is 5.69 Å². The van der Waals surface area contributed by atoms with E-state index in [0.29, 0.717) is 28.9 Å². The fourth-order valence-electron chi connectivity index (χ4n) is 2.85. The van der Waals surface area contributed by atoms with E-state index in [2.05, 4.69) is 15.3 Å². The van der Waals surface area contributed by atoms with Crippen LogP contribution in [-0.4, -0.2) is 41.0 Å². The van der Waals surface area contributed by atoms with Gasteiger partial charge in [0, 0.05) is 5.69 Å². The lowest BCUT2D eigenvalue weighted by atomic mass is 10.2. The lowest BCUT2D eigenvalue weighted by Gasteiger charge is -2.08. The van der Waals surface area contributed by atoms with Crippen LogP contribution in [-0.2, 0) is 14.3 Å². The van der Waals surface area contributed by atoms with E-state index in [1.165, 1.54) is 0 Å². The summed E-state index contributed by atoms with van der Waals surface area (Å²) in [5.74, 6) is -1.54. The molecule has 0 aliphatic carbocycles. The molecule has 0 aliphatic heterocycles. The van der Waals surface area contributed by atoms with Crippen molar-refractivity contribution in [3.63, 3.8) is 0 Å². The van der Waals surface area contributed by atoms with E-state index in [1.807, 2.05) is 20.8 Å². The number of amides is 1. The molecule has 0 radical (unpaired) electrons. The Hall–Kier alpha value is -3.81. The third kappa shape index (κ3) is 5.87. The minimum Gasteiger partial charge on any atom is -0.462 e. The van der Waals surface area contributed by atoms with Crippen molar-refractivity contribution in [2.75, 3.05) is 18.5 Å². The molecule has 3 aromatic rings. The number of esters is 2. The lowest BCUT2D eigenvalue weighted by molar-refractivity contribution is -0.119. The summed E-state index contributed by atoms with van der Waals surface area (Å²) >= 11 is 0. The quantitative estimate of drug-likeness (QED) is 0.421. The fourth-order valence-corrected chi connectivity index (χ4v) is 2.85.